The highest BCUT2D eigenvalue weighted by atomic mass is 16.5. The molecule has 19 heavy (non-hydrogen) atoms. The number of carbonyl (C=O) groups excluding carboxylic acids is 1. The molecule has 0 saturated heterocycles. The quantitative estimate of drug-likeness (QED) is 0.727. The first-order chi connectivity index (χ1) is 8.88. The fourth-order valence-electron chi connectivity index (χ4n) is 3.84. The van der Waals surface area contributed by atoms with Crippen LogP contribution in [0.4, 0.5) is 0 Å². The normalized spacial score (nSPS) is 30.4. The molecule has 102 valence electrons. The molecule has 2 atom stereocenters. The molecule has 1 fully saturated rings. The van der Waals surface area contributed by atoms with Crippen LogP contribution in [-0.4, -0.2) is 18.7 Å². The Morgan fingerprint density at radius 1 is 1.37 bits per heavy atom. The van der Waals surface area contributed by atoms with E-state index < -0.39 is 0 Å². The summed E-state index contributed by atoms with van der Waals surface area (Å²) in [7, 11) is 1.40. The molecule has 0 N–H and O–H groups in total. The van der Waals surface area contributed by atoms with E-state index in [1.54, 1.807) is 0 Å². The third-order valence-electron chi connectivity index (χ3n) is 4.95. The van der Waals surface area contributed by atoms with Crippen molar-refractivity contribution in [3.63, 3.8) is 0 Å². The van der Waals surface area contributed by atoms with Crippen molar-refractivity contribution in [1.29, 1.82) is 0 Å². The summed E-state index contributed by atoms with van der Waals surface area (Å²) in [6, 6.07) is 5.69. The van der Waals surface area contributed by atoms with Gasteiger partial charge in [0.1, 0.15) is 11.4 Å². The molecule has 0 bridgehead atoms. The minimum atomic E-state index is -0.315. The Morgan fingerprint density at radius 2 is 2.11 bits per heavy atom. The van der Waals surface area contributed by atoms with E-state index in [0.717, 1.165) is 5.75 Å². The molecule has 1 saturated carbocycles. The maximum atomic E-state index is 11.6. The van der Waals surface area contributed by atoms with Gasteiger partial charge in [-0.25, -0.2) is 4.79 Å². The van der Waals surface area contributed by atoms with Gasteiger partial charge < -0.3 is 9.47 Å². The summed E-state index contributed by atoms with van der Waals surface area (Å²) in [5.41, 5.74) is 1.80. The number of hydrogen-bond acceptors (Lipinski definition) is 3. The summed E-state index contributed by atoms with van der Waals surface area (Å²) in [6.07, 6.45) is 2.40. The second-order valence-electron chi connectivity index (χ2n) is 6.42. The number of rotatable bonds is 1. The number of carbonyl (C=O) groups is 1. The Balaban J connectivity index is 2.09. The summed E-state index contributed by atoms with van der Waals surface area (Å²) in [5.74, 6) is 1.08. The van der Waals surface area contributed by atoms with Crippen LogP contribution < -0.4 is 4.74 Å². The van der Waals surface area contributed by atoms with E-state index in [9.17, 15) is 4.79 Å². The van der Waals surface area contributed by atoms with Gasteiger partial charge >= 0.3 is 5.97 Å². The van der Waals surface area contributed by atoms with Crippen LogP contribution in [0.25, 0.3) is 0 Å². The summed E-state index contributed by atoms with van der Waals surface area (Å²) < 4.78 is 10.9. The van der Waals surface area contributed by atoms with Gasteiger partial charge in [0.05, 0.1) is 12.7 Å². The first-order valence-corrected chi connectivity index (χ1v) is 6.80. The average Bonchev–Trinajstić information content (AvgIpc) is 2.33. The monoisotopic (exact) mass is 260 g/mol. The number of fused-ring (bicyclic) bond motifs is 3. The van der Waals surface area contributed by atoms with Crippen LogP contribution in [0.5, 0.6) is 5.75 Å². The summed E-state index contributed by atoms with van der Waals surface area (Å²) in [6.45, 7) is 6.59. The van der Waals surface area contributed by atoms with Gasteiger partial charge in [0, 0.05) is 16.9 Å². The van der Waals surface area contributed by atoms with Gasteiger partial charge in [-0.1, -0.05) is 13.0 Å². The molecule has 2 aliphatic rings. The van der Waals surface area contributed by atoms with Crippen molar-refractivity contribution in [3.05, 3.63) is 29.3 Å². The number of ether oxygens (including phenoxy) is 2. The standard InChI is InChI=1S/C16H20O3/c1-15(2)13-7-8-16(13,3)11-6-5-10(14(17)18-4)9-12(11)19-15/h5-6,9,13H,7-8H2,1-4H3/t13-,16+/m0/s1. The van der Waals surface area contributed by atoms with Gasteiger partial charge in [-0.05, 0) is 38.8 Å². The van der Waals surface area contributed by atoms with Gasteiger partial charge in [-0.2, -0.15) is 0 Å². The van der Waals surface area contributed by atoms with E-state index in [4.69, 9.17) is 9.47 Å². The molecule has 0 aromatic heterocycles. The lowest BCUT2D eigenvalue weighted by molar-refractivity contribution is -0.0726. The first-order valence-electron chi connectivity index (χ1n) is 6.80. The van der Waals surface area contributed by atoms with E-state index in [0.29, 0.717) is 11.5 Å². The first kappa shape index (κ1) is 12.5. The predicted octanol–water partition coefficient (Wildman–Crippen LogP) is 3.31. The van der Waals surface area contributed by atoms with Gasteiger partial charge in [-0.3, -0.25) is 0 Å². The molecular weight excluding hydrogens is 240 g/mol. The fourth-order valence-corrected chi connectivity index (χ4v) is 3.84. The SMILES string of the molecule is COC(=O)c1ccc2c(c1)OC(C)(C)[C@@H]1CC[C@]21C. The van der Waals surface area contributed by atoms with Crippen LogP contribution in [0.2, 0.25) is 0 Å². The highest BCUT2D eigenvalue weighted by molar-refractivity contribution is 5.90. The topological polar surface area (TPSA) is 35.5 Å². The predicted molar refractivity (Wildman–Crippen MR) is 72.6 cm³/mol. The molecule has 0 amide bonds. The molecule has 1 aromatic rings. The average molecular weight is 260 g/mol. The third kappa shape index (κ3) is 1.60. The van der Waals surface area contributed by atoms with Crippen molar-refractivity contribution in [2.24, 2.45) is 5.92 Å². The number of benzene rings is 1. The van der Waals surface area contributed by atoms with Gasteiger partial charge in [-0.15, -0.1) is 0 Å². The lowest BCUT2D eigenvalue weighted by Gasteiger charge is -2.58. The fraction of sp³-hybridized carbons (Fsp3) is 0.562. The minimum Gasteiger partial charge on any atom is -0.487 e. The third-order valence-corrected chi connectivity index (χ3v) is 4.95. The van der Waals surface area contributed by atoms with Crippen molar-refractivity contribution in [2.75, 3.05) is 7.11 Å². The van der Waals surface area contributed by atoms with Crippen molar-refractivity contribution in [2.45, 2.75) is 44.6 Å². The lowest BCUT2D eigenvalue weighted by Crippen LogP contribution is -2.58. The molecule has 0 radical (unpaired) electrons. The van der Waals surface area contributed by atoms with Crippen LogP contribution in [0.1, 0.15) is 49.5 Å². The van der Waals surface area contributed by atoms with Crippen LogP contribution in [0, 0.1) is 5.92 Å². The van der Waals surface area contributed by atoms with Crippen molar-refractivity contribution in [3.8, 4) is 5.75 Å². The summed E-state index contributed by atoms with van der Waals surface area (Å²) in [5, 5.41) is 0. The Hall–Kier alpha value is -1.51. The molecule has 3 heteroatoms. The van der Waals surface area contributed by atoms with Crippen LogP contribution >= 0.6 is 0 Å². The zero-order chi connectivity index (χ0) is 13.8. The lowest BCUT2D eigenvalue weighted by atomic mass is 9.52. The highest BCUT2D eigenvalue weighted by Gasteiger charge is 2.56. The van der Waals surface area contributed by atoms with Crippen molar-refractivity contribution >= 4 is 5.97 Å². The maximum Gasteiger partial charge on any atom is 0.337 e. The summed E-state index contributed by atoms with van der Waals surface area (Å²) >= 11 is 0. The Bertz CT molecular complexity index is 547. The van der Waals surface area contributed by atoms with Crippen molar-refractivity contribution < 1.29 is 14.3 Å². The van der Waals surface area contributed by atoms with Crippen molar-refractivity contribution in [1.82, 2.24) is 0 Å². The second kappa shape index (κ2) is 3.75. The van der Waals surface area contributed by atoms with Gasteiger partial charge in [0.25, 0.3) is 0 Å². The number of hydrogen-bond donors (Lipinski definition) is 0. The maximum absolute atomic E-state index is 11.6. The van der Waals surface area contributed by atoms with Gasteiger partial charge in [0.15, 0.2) is 0 Å². The zero-order valence-electron chi connectivity index (χ0n) is 11.9. The van der Waals surface area contributed by atoms with E-state index in [-0.39, 0.29) is 17.0 Å². The zero-order valence-corrected chi connectivity index (χ0v) is 11.9. The molecule has 0 spiro atoms. The minimum absolute atomic E-state index is 0.172. The molecule has 3 rings (SSSR count). The largest absolute Gasteiger partial charge is 0.487 e. The summed E-state index contributed by atoms with van der Waals surface area (Å²) in [4.78, 5) is 11.6. The second-order valence-corrected chi connectivity index (χ2v) is 6.42. The molecule has 1 heterocycles. The Labute approximate surface area is 113 Å². The molecule has 1 aromatic carbocycles. The van der Waals surface area contributed by atoms with E-state index >= 15 is 0 Å². The van der Waals surface area contributed by atoms with Crippen LogP contribution in [-0.2, 0) is 10.2 Å². The molecule has 1 aliphatic carbocycles. The molecule has 1 aliphatic heterocycles. The number of methoxy groups -OCH3 is 1. The van der Waals surface area contributed by atoms with Crippen LogP contribution in [0.15, 0.2) is 18.2 Å². The van der Waals surface area contributed by atoms with Gasteiger partial charge in [0.2, 0.25) is 0 Å². The Morgan fingerprint density at radius 3 is 2.68 bits per heavy atom. The highest BCUT2D eigenvalue weighted by Crippen LogP contribution is 2.59. The van der Waals surface area contributed by atoms with E-state index in [2.05, 4.69) is 20.8 Å². The molecule has 3 nitrogen and oxygen atoms in total. The van der Waals surface area contributed by atoms with Crippen LogP contribution in [0.3, 0.4) is 0 Å². The van der Waals surface area contributed by atoms with E-state index in [1.807, 2.05) is 18.2 Å². The van der Waals surface area contributed by atoms with E-state index in [1.165, 1.54) is 25.5 Å². The number of esters is 1. The Kier molecular flexibility index (Phi) is 2.47. The molecule has 0 unspecified atom stereocenters. The smallest absolute Gasteiger partial charge is 0.337 e. The molecular formula is C16H20O3.